The zero-order chi connectivity index (χ0) is 16.4. The van der Waals surface area contributed by atoms with Crippen LogP contribution in [-0.2, 0) is 9.59 Å². The van der Waals surface area contributed by atoms with Gasteiger partial charge in [0.1, 0.15) is 5.75 Å². The molecule has 0 unspecified atom stereocenters. The Balaban J connectivity index is 1.72. The van der Waals surface area contributed by atoms with E-state index < -0.39 is 0 Å². The number of rotatable bonds is 3. The second-order valence-electron chi connectivity index (χ2n) is 5.80. The summed E-state index contributed by atoms with van der Waals surface area (Å²) in [7, 11) is 1.55. The van der Waals surface area contributed by atoms with E-state index in [1.54, 1.807) is 30.2 Å². The van der Waals surface area contributed by atoms with Gasteiger partial charge in [-0.1, -0.05) is 11.6 Å². The molecule has 2 fully saturated rings. The lowest BCUT2D eigenvalue weighted by Gasteiger charge is -2.29. The highest BCUT2D eigenvalue weighted by molar-refractivity contribution is 6.32. The molecule has 0 spiro atoms. The number of hydrogen-bond acceptors (Lipinski definition) is 4. The Morgan fingerprint density at radius 1 is 1.35 bits per heavy atom. The van der Waals surface area contributed by atoms with Crippen LogP contribution in [0.1, 0.15) is 6.42 Å². The van der Waals surface area contributed by atoms with Gasteiger partial charge in [0.2, 0.25) is 11.8 Å². The lowest BCUT2D eigenvalue weighted by Crippen LogP contribution is -2.48. The standard InChI is InChI=1S/C16H20ClN3O3/c1-23-14-3-2-12(9-13(14)17)20-10-11(8-15(20)21)16(22)19-6-4-18-5-7-19/h2-3,9,11,18H,4-8,10H2,1H3/t11-/m0/s1. The van der Waals surface area contributed by atoms with Gasteiger partial charge < -0.3 is 19.9 Å². The smallest absolute Gasteiger partial charge is 0.228 e. The Kier molecular flexibility index (Phi) is 4.73. The highest BCUT2D eigenvalue weighted by atomic mass is 35.5. The van der Waals surface area contributed by atoms with Crippen molar-refractivity contribution in [1.29, 1.82) is 0 Å². The predicted molar refractivity (Wildman–Crippen MR) is 87.9 cm³/mol. The molecule has 1 aromatic carbocycles. The van der Waals surface area contributed by atoms with Crippen LogP contribution < -0.4 is 15.0 Å². The molecule has 0 aliphatic carbocycles. The molecule has 2 heterocycles. The van der Waals surface area contributed by atoms with Crippen molar-refractivity contribution in [2.45, 2.75) is 6.42 Å². The summed E-state index contributed by atoms with van der Waals surface area (Å²) in [5.41, 5.74) is 0.705. The number of methoxy groups -OCH3 is 1. The van der Waals surface area contributed by atoms with Gasteiger partial charge in [0, 0.05) is 44.8 Å². The van der Waals surface area contributed by atoms with Crippen LogP contribution >= 0.6 is 11.6 Å². The molecule has 0 aromatic heterocycles. The highest BCUT2D eigenvalue weighted by Crippen LogP contribution is 2.32. The molecule has 2 saturated heterocycles. The quantitative estimate of drug-likeness (QED) is 0.898. The van der Waals surface area contributed by atoms with Gasteiger partial charge >= 0.3 is 0 Å². The minimum absolute atomic E-state index is 0.0419. The normalized spacial score (nSPS) is 21.7. The van der Waals surface area contributed by atoms with Crippen molar-refractivity contribution in [3.05, 3.63) is 23.2 Å². The van der Waals surface area contributed by atoms with E-state index in [2.05, 4.69) is 5.32 Å². The molecular formula is C16H20ClN3O3. The average molecular weight is 338 g/mol. The van der Waals surface area contributed by atoms with Crippen LogP contribution in [0.25, 0.3) is 0 Å². The van der Waals surface area contributed by atoms with Crippen molar-refractivity contribution in [3.8, 4) is 5.75 Å². The number of nitrogens with one attached hydrogen (secondary N) is 1. The summed E-state index contributed by atoms with van der Waals surface area (Å²) in [6.45, 7) is 3.44. The summed E-state index contributed by atoms with van der Waals surface area (Å²) in [6, 6.07) is 5.23. The number of carbonyl (C=O) groups excluding carboxylic acids is 2. The number of carbonyl (C=O) groups is 2. The average Bonchev–Trinajstić information content (AvgIpc) is 2.96. The molecule has 3 rings (SSSR count). The molecule has 1 N–H and O–H groups in total. The van der Waals surface area contributed by atoms with Gasteiger partial charge in [-0.25, -0.2) is 0 Å². The van der Waals surface area contributed by atoms with E-state index in [4.69, 9.17) is 16.3 Å². The number of amides is 2. The van der Waals surface area contributed by atoms with Gasteiger partial charge in [-0.15, -0.1) is 0 Å². The van der Waals surface area contributed by atoms with Crippen LogP contribution in [0.2, 0.25) is 5.02 Å². The first kappa shape index (κ1) is 16.1. The van der Waals surface area contributed by atoms with Gasteiger partial charge in [-0.05, 0) is 18.2 Å². The number of nitrogens with zero attached hydrogens (tertiary/aromatic N) is 2. The Morgan fingerprint density at radius 2 is 2.09 bits per heavy atom. The fourth-order valence-electron chi connectivity index (χ4n) is 3.09. The molecular weight excluding hydrogens is 318 g/mol. The van der Waals surface area contributed by atoms with Crippen molar-refractivity contribution in [2.75, 3.05) is 44.7 Å². The molecule has 7 heteroatoms. The monoisotopic (exact) mass is 337 g/mol. The molecule has 124 valence electrons. The molecule has 1 atom stereocenters. The van der Waals surface area contributed by atoms with E-state index in [-0.39, 0.29) is 24.2 Å². The molecule has 0 radical (unpaired) electrons. The fraction of sp³-hybridized carbons (Fsp3) is 0.500. The summed E-state index contributed by atoms with van der Waals surface area (Å²) < 4.78 is 5.13. The van der Waals surface area contributed by atoms with Gasteiger partial charge in [-0.3, -0.25) is 9.59 Å². The minimum Gasteiger partial charge on any atom is -0.495 e. The first-order valence-corrected chi connectivity index (χ1v) is 8.11. The van der Waals surface area contributed by atoms with E-state index in [1.807, 2.05) is 4.90 Å². The molecule has 0 bridgehead atoms. The number of hydrogen-bond donors (Lipinski definition) is 1. The van der Waals surface area contributed by atoms with Crippen LogP contribution in [0, 0.1) is 5.92 Å². The summed E-state index contributed by atoms with van der Waals surface area (Å²) in [5, 5.41) is 3.68. The van der Waals surface area contributed by atoms with Crippen LogP contribution in [0.15, 0.2) is 18.2 Å². The molecule has 6 nitrogen and oxygen atoms in total. The Bertz CT molecular complexity index is 617. The van der Waals surface area contributed by atoms with E-state index >= 15 is 0 Å². The Labute approximate surface area is 140 Å². The van der Waals surface area contributed by atoms with Crippen LogP contribution in [0.4, 0.5) is 5.69 Å². The first-order chi connectivity index (χ1) is 11.1. The van der Waals surface area contributed by atoms with Crippen molar-refractivity contribution in [1.82, 2.24) is 10.2 Å². The number of halogens is 1. The number of piperazine rings is 1. The molecule has 0 saturated carbocycles. The predicted octanol–water partition coefficient (Wildman–Crippen LogP) is 1.13. The third kappa shape index (κ3) is 3.28. The van der Waals surface area contributed by atoms with Crippen molar-refractivity contribution in [3.63, 3.8) is 0 Å². The van der Waals surface area contributed by atoms with E-state index in [0.717, 1.165) is 13.1 Å². The second-order valence-corrected chi connectivity index (χ2v) is 6.21. The molecule has 2 aliphatic heterocycles. The molecule has 2 aliphatic rings. The van der Waals surface area contributed by atoms with Crippen LogP contribution in [0.5, 0.6) is 5.75 Å². The third-order valence-electron chi connectivity index (χ3n) is 4.35. The van der Waals surface area contributed by atoms with E-state index in [1.165, 1.54) is 0 Å². The summed E-state index contributed by atoms with van der Waals surface area (Å²) in [5.74, 6) is 0.318. The van der Waals surface area contributed by atoms with Crippen molar-refractivity contribution >= 4 is 29.1 Å². The maximum absolute atomic E-state index is 12.6. The van der Waals surface area contributed by atoms with Gasteiger partial charge in [0.05, 0.1) is 18.1 Å². The molecule has 23 heavy (non-hydrogen) atoms. The largest absolute Gasteiger partial charge is 0.495 e. The summed E-state index contributed by atoms with van der Waals surface area (Å²) in [6.07, 6.45) is 0.256. The molecule has 2 amide bonds. The van der Waals surface area contributed by atoms with Gasteiger partial charge in [0.15, 0.2) is 0 Å². The number of anilines is 1. The maximum atomic E-state index is 12.6. The first-order valence-electron chi connectivity index (χ1n) is 7.73. The number of benzene rings is 1. The van der Waals surface area contributed by atoms with Crippen molar-refractivity contribution < 1.29 is 14.3 Å². The van der Waals surface area contributed by atoms with E-state index in [9.17, 15) is 9.59 Å². The van der Waals surface area contributed by atoms with E-state index in [0.29, 0.717) is 36.1 Å². The lowest BCUT2D eigenvalue weighted by atomic mass is 10.1. The topological polar surface area (TPSA) is 61.9 Å². The maximum Gasteiger partial charge on any atom is 0.228 e. The second kappa shape index (κ2) is 6.76. The highest BCUT2D eigenvalue weighted by Gasteiger charge is 2.37. The fourth-order valence-corrected chi connectivity index (χ4v) is 3.34. The minimum atomic E-state index is -0.276. The Hall–Kier alpha value is -1.79. The third-order valence-corrected chi connectivity index (χ3v) is 4.65. The summed E-state index contributed by atoms with van der Waals surface area (Å²) in [4.78, 5) is 28.4. The van der Waals surface area contributed by atoms with Gasteiger partial charge in [0.25, 0.3) is 0 Å². The SMILES string of the molecule is COc1ccc(N2C[C@@H](C(=O)N3CCNCC3)CC2=O)cc1Cl. The number of ether oxygens (including phenoxy) is 1. The zero-order valence-corrected chi connectivity index (χ0v) is 13.8. The van der Waals surface area contributed by atoms with Crippen LogP contribution in [-0.4, -0.2) is 56.5 Å². The van der Waals surface area contributed by atoms with Crippen LogP contribution in [0.3, 0.4) is 0 Å². The molecule has 1 aromatic rings. The lowest BCUT2D eigenvalue weighted by molar-refractivity contribution is -0.136. The zero-order valence-electron chi connectivity index (χ0n) is 13.0. The summed E-state index contributed by atoms with van der Waals surface area (Å²) >= 11 is 6.13. The van der Waals surface area contributed by atoms with Crippen molar-refractivity contribution in [2.24, 2.45) is 5.92 Å². The van der Waals surface area contributed by atoms with Gasteiger partial charge in [-0.2, -0.15) is 0 Å². The Morgan fingerprint density at radius 3 is 2.74 bits per heavy atom.